The van der Waals surface area contributed by atoms with Gasteiger partial charge in [0.05, 0.1) is 17.9 Å². The van der Waals surface area contributed by atoms with E-state index in [9.17, 15) is 9.18 Å². The monoisotopic (exact) mass is 414 g/mol. The number of aromatic nitrogens is 2. The third-order valence-corrected chi connectivity index (χ3v) is 6.31. The van der Waals surface area contributed by atoms with Gasteiger partial charge in [0, 0.05) is 51.0 Å². The van der Waals surface area contributed by atoms with E-state index in [1.807, 2.05) is 30.1 Å². The molecule has 1 aliphatic carbocycles. The average Bonchev–Trinajstić information content (AvgIpc) is 3.14. The van der Waals surface area contributed by atoms with Crippen LogP contribution in [0.25, 0.3) is 0 Å². The van der Waals surface area contributed by atoms with Crippen LogP contribution in [-0.2, 0) is 20.0 Å². The fraction of sp³-hybridized carbons (Fsp3) is 0.545. The maximum absolute atomic E-state index is 14.7. The Morgan fingerprint density at radius 1 is 1.27 bits per heavy atom. The van der Waals surface area contributed by atoms with Gasteiger partial charge in [-0.3, -0.25) is 4.68 Å². The SMILES string of the molecule is CCN1CCN(c2ccc(CNC(=O)NC3CCCc4c3cnn4C)cc2F)CC1. The zero-order valence-corrected chi connectivity index (χ0v) is 17.8. The summed E-state index contributed by atoms with van der Waals surface area (Å²) < 4.78 is 16.6. The number of halogens is 1. The quantitative estimate of drug-likeness (QED) is 0.789. The summed E-state index contributed by atoms with van der Waals surface area (Å²) in [5.41, 5.74) is 3.68. The van der Waals surface area contributed by atoms with Gasteiger partial charge in [0.15, 0.2) is 0 Å². The number of likely N-dealkylation sites (N-methyl/N-ethyl adjacent to an activating group) is 1. The molecule has 0 spiro atoms. The highest BCUT2D eigenvalue weighted by Crippen LogP contribution is 2.29. The van der Waals surface area contributed by atoms with Crippen molar-refractivity contribution < 1.29 is 9.18 Å². The van der Waals surface area contributed by atoms with E-state index in [1.54, 1.807) is 0 Å². The Bertz CT molecular complexity index is 890. The Morgan fingerprint density at radius 3 is 2.80 bits per heavy atom. The number of carbonyl (C=O) groups excluding carboxylic acids is 1. The maximum atomic E-state index is 14.7. The number of piperazine rings is 1. The maximum Gasteiger partial charge on any atom is 0.315 e. The van der Waals surface area contributed by atoms with Crippen LogP contribution in [0, 0.1) is 5.82 Å². The van der Waals surface area contributed by atoms with Gasteiger partial charge in [-0.2, -0.15) is 5.10 Å². The molecule has 1 saturated heterocycles. The first-order chi connectivity index (χ1) is 14.5. The van der Waals surface area contributed by atoms with E-state index in [2.05, 4.69) is 32.5 Å². The Labute approximate surface area is 177 Å². The Kier molecular flexibility index (Phi) is 6.22. The fourth-order valence-corrected chi connectivity index (χ4v) is 4.47. The third-order valence-electron chi connectivity index (χ3n) is 6.31. The smallest absolute Gasteiger partial charge is 0.315 e. The molecular formula is C22H31FN6O. The third kappa shape index (κ3) is 4.43. The fourth-order valence-electron chi connectivity index (χ4n) is 4.47. The van der Waals surface area contributed by atoms with Crippen molar-refractivity contribution in [2.24, 2.45) is 7.05 Å². The van der Waals surface area contributed by atoms with E-state index in [4.69, 9.17) is 0 Å². The standard InChI is InChI=1S/C22H31FN6O/c1-3-28-9-11-29(12-10-28)21-8-7-16(13-18(21)23)14-24-22(30)26-19-5-4-6-20-17(19)15-25-27(20)2/h7-8,13,15,19H,3-6,9-12,14H2,1-2H3,(H2,24,26,30). The molecule has 162 valence electrons. The van der Waals surface area contributed by atoms with E-state index < -0.39 is 0 Å². The molecule has 0 radical (unpaired) electrons. The lowest BCUT2D eigenvalue weighted by molar-refractivity contribution is 0.235. The second kappa shape index (κ2) is 9.04. The van der Waals surface area contributed by atoms with Crippen LogP contribution in [0.4, 0.5) is 14.9 Å². The average molecular weight is 415 g/mol. The van der Waals surface area contributed by atoms with E-state index >= 15 is 0 Å². The minimum absolute atomic E-state index is 0.0247. The molecule has 30 heavy (non-hydrogen) atoms. The van der Waals surface area contributed by atoms with Crippen LogP contribution in [0.3, 0.4) is 0 Å². The first kappa shape index (κ1) is 20.7. The molecule has 2 N–H and O–H groups in total. The van der Waals surface area contributed by atoms with E-state index in [1.165, 1.54) is 11.8 Å². The van der Waals surface area contributed by atoms with Crippen LogP contribution >= 0.6 is 0 Å². The van der Waals surface area contributed by atoms with Crippen LogP contribution in [0.2, 0.25) is 0 Å². The van der Waals surface area contributed by atoms with Gasteiger partial charge in [-0.05, 0) is 43.5 Å². The number of carbonyl (C=O) groups is 1. The van der Waals surface area contributed by atoms with Crippen molar-refractivity contribution in [1.29, 1.82) is 0 Å². The minimum atomic E-state index is -0.239. The topological polar surface area (TPSA) is 65.4 Å². The highest BCUT2D eigenvalue weighted by molar-refractivity contribution is 5.74. The number of nitrogens with one attached hydrogen (secondary N) is 2. The number of hydrogen-bond donors (Lipinski definition) is 2. The molecule has 1 aromatic heterocycles. The molecule has 1 aromatic carbocycles. The van der Waals surface area contributed by atoms with Crippen molar-refractivity contribution in [2.75, 3.05) is 37.6 Å². The molecule has 0 bridgehead atoms. The first-order valence-corrected chi connectivity index (χ1v) is 10.9. The summed E-state index contributed by atoms with van der Waals surface area (Å²) >= 11 is 0. The van der Waals surface area contributed by atoms with Crippen molar-refractivity contribution in [3.8, 4) is 0 Å². The van der Waals surface area contributed by atoms with Gasteiger partial charge in [-0.15, -0.1) is 0 Å². The second-order valence-corrected chi connectivity index (χ2v) is 8.15. The molecular weight excluding hydrogens is 383 g/mol. The van der Waals surface area contributed by atoms with Crippen molar-refractivity contribution in [1.82, 2.24) is 25.3 Å². The summed E-state index contributed by atoms with van der Waals surface area (Å²) in [5, 5.41) is 10.2. The van der Waals surface area contributed by atoms with Gasteiger partial charge in [-0.1, -0.05) is 13.0 Å². The van der Waals surface area contributed by atoms with Crippen LogP contribution in [0.5, 0.6) is 0 Å². The molecule has 2 heterocycles. The summed E-state index contributed by atoms with van der Waals surface area (Å²) in [6, 6.07) is 4.99. The van der Waals surface area contributed by atoms with Crippen LogP contribution in [-0.4, -0.2) is 53.4 Å². The van der Waals surface area contributed by atoms with Gasteiger partial charge < -0.3 is 20.4 Å². The van der Waals surface area contributed by atoms with Crippen molar-refractivity contribution >= 4 is 11.7 Å². The summed E-state index contributed by atoms with van der Waals surface area (Å²) in [7, 11) is 1.93. The number of urea groups is 1. The Balaban J connectivity index is 1.31. The predicted octanol–water partition coefficient (Wildman–Crippen LogP) is 2.58. The van der Waals surface area contributed by atoms with E-state index in [0.29, 0.717) is 12.2 Å². The Hall–Kier alpha value is -2.61. The Morgan fingerprint density at radius 2 is 2.07 bits per heavy atom. The lowest BCUT2D eigenvalue weighted by Gasteiger charge is -2.35. The van der Waals surface area contributed by atoms with Crippen molar-refractivity contribution in [3.05, 3.63) is 47.0 Å². The number of fused-ring (bicyclic) bond motifs is 1. The molecule has 4 rings (SSSR count). The second-order valence-electron chi connectivity index (χ2n) is 8.15. The zero-order chi connectivity index (χ0) is 21.1. The summed E-state index contributed by atoms with van der Waals surface area (Å²) in [6.07, 6.45) is 4.76. The highest BCUT2D eigenvalue weighted by Gasteiger charge is 2.24. The summed E-state index contributed by atoms with van der Waals surface area (Å²) in [5.74, 6) is -0.230. The molecule has 1 unspecified atom stereocenters. The minimum Gasteiger partial charge on any atom is -0.367 e. The summed E-state index contributed by atoms with van der Waals surface area (Å²) in [6.45, 7) is 7.06. The van der Waals surface area contributed by atoms with Gasteiger partial charge in [0.1, 0.15) is 5.82 Å². The van der Waals surface area contributed by atoms with Gasteiger partial charge in [-0.25, -0.2) is 9.18 Å². The largest absolute Gasteiger partial charge is 0.367 e. The number of anilines is 1. The van der Waals surface area contributed by atoms with Crippen LogP contribution < -0.4 is 15.5 Å². The number of benzene rings is 1. The van der Waals surface area contributed by atoms with Crippen molar-refractivity contribution in [2.45, 2.75) is 38.8 Å². The molecule has 1 fully saturated rings. The highest BCUT2D eigenvalue weighted by atomic mass is 19.1. The van der Waals surface area contributed by atoms with E-state index in [-0.39, 0.29) is 17.9 Å². The molecule has 8 heteroatoms. The molecule has 2 aliphatic rings. The van der Waals surface area contributed by atoms with Gasteiger partial charge in [0.25, 0.3) is 0 Å². The predicted molar refractivity (Wildman–Crippen MR) is 115 cm³/mol. The lowest BCUT2D eigenvalue weighted by atomic mass is 9.93. The molecule has 0 saturated carbocycles. The number of aryl methyl sites for hydroxylation is 1. The summed E-state index contributed by atoms with van der Waals surface area (Å²) in [4.78, 5) is 16.9. The first-order valence-electron chi connectivity index (χ1n) is 10.9. The molecule has 2 amide bonds. The molecule has 1 aliphatic heterocycles. The number of hydrogen-bond acceptors (Lipinski definition) is 4. The number of rotatable bonds is 5. The van der Waals surface area contributed by atoms with Crippen LogP contribution in [0.1, 0.15) is 42.6 Å². The number of nitrogens with zero attached hydrogens (tertiary/aromatic N) is 4. The van der Waals surface area contributed by atoms with Gasteiger partial charge in [0.2, 0.25) is 0 Å². The molecule has 2 aromatic rings. The van der Waals surface area contributed by atoms with Gasteiger partial charge >= 0.3 is 6.03 Å². The normalized spacial score (nSPS) is 19.4. The lowest BCUT2D eigenvalue weighted by Crippen LogP contribution is -2.46. The number of amides is 2. The molecule has 7 nitrogen and oxygen atoms in total. The zero-order valence-electron chi connectivity index (χ0n) is 17.8. The molecule has 1 atom stereocenters. The van der Waals surface area contributed by atoms with Crippen LogP contribution in [0.15, 0.2) is 24.4 Å². The van der Waals surface area contributed by atoms with E-state index in [0.717, 1.165) is 63.1 Å². The van der Waals surface area contributed by atoms with Crippen molar-refractivity contribution in [3.63, 3.8) is 0 Å².